The zero-order valence-electron chi connectivity index (χ0n) is 11.2. The van der Waals surface area contributed by atoms with Crippen molar-refractivity contribution < 1.29 is 16.8 Å². The molecular formula is C12H18N2O4S2. The normalized spacial score (nSPS) is 18.1. The van der Waals surface area contributed by atoms with Crippen LogP contribution in [0.4, 0.5) is 0 Å². The molecule has 0 aliphatic carbocycles. The maximum atomic E-state index is 12.5. The number of hydrogen-bond donors (Lipinski definition) is 1. The van der Waals surface area contributed by atoms with E-state index in [4.69, 9.17) is 0 Å². The average Bonchev–Trinajstić information content (AvgIpc) is 2.48. The lowest BCUT2D eigenvalue weighted by Crippen LogP contribution is -2.46. The molecule has 0 amide bonds. The Labute approximate surface area is 119 Å². The number of piperazine rings is 1. The summed E-state index contributed by atoms with van der Waals surface area (Å²) in [4.78, 5) is 0.0881. The van der Waals surface area contributed by atoms with Gasteiger partial charge in [-0.15, -0.1) is 0 Å². The molecule has 0 unspecified atom stereocenters. The summed E-state index contributed by atoms with van der Waals surface area (Å²) >= 11 is 0. The van der Waals surface area contributed by atoms with Gasteiger partial charge < -0.3 is 5.32 Å². The summed E-state index contributed by atoms with van der Waals surface area (Å²) in [6.45, 7) is 3.53. The number of sulfonamides is 1. The molecule has 0 spiro atoms. The largest absolute Gasteiger partial charge is 0.314 e. The molecule has 1 heterocycles. The summed E-state index contributed by atoms with van der Waals surface area (Å²) < 4.78 is 50.0. The van der Waals surface area contributed by atoms with E-state index >= 15 is 0 Å². The maximum Gasteiger partial charge on any atom is 0.243 e. The first kappa shape index (κ1) is 15.4. The summed E-state index contributed by atoms with van der Waals surface area (Å²) in [5, 5.41) is 3.08. The lowest BCUT2D eigenvalue weighted by molar-refractivity contribution is 0.360. The van der Waals surface area contributed by atoms with Crippen molar-refractivity contribution in [2.75, 3.05) is 31.9 Å². The Hall–Kier alpha value is -0.960. The lowest BCUT2D eigenvalue weighted by atomic mass is 10.4. The molecular weight excluding hydrogens is 300 g/mol. The van der Waals surface area contributed by atoms with Gasteiger partial charge >= 0.3 is 0 Å². The van der Waals surface area contributed by atoms with Gasteiger partial charge in [0, 0.05) is 26.2 Å². The van der Waals surface area contributed by atoms with Crippen molar-refractivity contribution in [2.24, 2.45) is 0 Å². The van der Waals surface area contributed by atoms with Crippen LogP contribution in [0, 0.1) is 0 Å². The van der Waals surface area contributed by atoms with Crippen molar-refractivity contribution in [1.82, 2.24) is 9.62 Å². The summed E-state index contributed by atoms with van der Waals surface area (Å²) in [6, 6.07) is 5.58. The number of hydrogen-bond acceptors (Lipinski definition) is 5. The van der Waals surface area contributed by atoms with Crippen LogP contribution in [0.25, 0.3) is 0 Å². The van der Waals surface area contributed by atoms with Crippen LogP contribution in [0.2, 0.25) is 0 Å². The Kier molecular flexibility index (Phi) is 4.48. The number of benzene rings is 1. The third-order valence-electron chi connectivity index (χ3n) is 3.26. The number of nitrogens with zero attached hydrogens (tertiary/aromatic N) is 1. The monoisotopic (exact) mass is 318 g/mol. The molecule has 1 aliphatic heterocycles. The van der Waals surface area contributed by atoms with Gasteiger partial charge in [-0.25, -0.2) is 16.8 Å². The Morgan fingerprint density at radius 2 is 1.70 bits per heavy atom. The minimum Gasteiger partial charge on any atom is -0.314 e. The molecule has 1 aliphatic rings. The molecule has 2 rings (SSSR count). The Morgan fingerprint density at radius 3 is 2.30 bits per heavy atom. The molecule has 0 aromatic heterocycles. The van der Waals surface area contributed by atoms with Crippen molar-refractivity contribution in [3.05, 3.63) is 24.3 Å². The quantitative estimate of drug-likeness (QED) is 0.849. The van der Waals surface area contributed by atoms with E-state index in [-0.39, 0.29) is 15.5 Å². The van der Waals surface area contributed by atoms with E-state index in [0.717, 1.165) is 0 Å². The van der Waals surface area contributed by atoms with Crippen LogP contribution in [-0.2, 0) is 19.9 Å². The van der Waals surface area contributed by atoms with Crippen LogP contribution in [0.15, 0.2) is 34.1 Å². The molecule has 1 fully saturated rings. The van der Waals surface area contributed by atoms with Crippen molar-refractivity contribution >= 4 is 19.9 Å². The van der Waals surface area contributed by atoms with E-state index < -0.39 is 19.9 Å². The van der Waals surface area contributed by atoms with E-state index in [1.807, 2.05) is 0 Å². The summed E-state index contributed by atoms with van der Waals surface area (Å²) in [7, 11) is -7.03. The van der Waals surface area contributed by atoms with Crippen LogP contribution < -0.4 is 5.32 Å². The molecule has 0 saturated carbocycles. The third kappa shape index (κ3) is 3.03. The molecule has 1 aromatic carbocycles. The third-order valence-corrected chi connectivity index (χ3v) is 6.89. The van der Waals surface area contributed by atoms with Gasteiger partial charge in [-0.2, -0.15) is 4.31 Å². The van der Waals surface area contributed by atoms with E-state index in [1.165, 1.54) is 35.5 Å². The topological polar surface area (TPSA) is 83.5 Å². The summed E-state index contributed by atoms with van der Waals surface area (Å²) in [6.07, 6.45) is 0. The standard InChI is InChI=1S/C12H18N2O4S2/c1-2-19(15,16)11-4-3-5-12(10-11)20(17,18)14-8-6-13-7-9-14/h3-5,10,13H,2,6-9H2,1H3. The molecule has 112 valence electrons. The molecule has 1 aromatic rings. The molecule has 0 radical (unpaired) electrons. The first-order valence-corrected chi connectivity index (χ1v) is 9.51. The fourth-order valence-corrected chi connectivity index (χ4v) is 4.52. The minimum absolute atomic E-state index is 0.0360. The van der Waals surface area contributed by atoms with Crippen LogP contribution in [-0.4, -0.2) is 53.1 Å². The van der Waals surface area contributed by atoms with Crippen LogP contribution >= 0.6 is 0 Å². The first-order chi connectivity index (χ1) is 9.38. The second kappa shape index (κ2) is 5.80. The highest BCUT2D eigenvalue weighted by Crippen LogP contribution is 2.20. The molecule has 8 heteroatoms. The summed E-state index contributed by atoms with van der Waals surface area (Å²) in [5.74, 6) is -0.0515. The molecule has 20 heavy (non-hydrogen) atoms. The van der Waals surface area contributed by atoms with Crippen molar-refractivity contribution in [3.63, 3.8) is 0 Å². The van der Waals surface area contributed by atoms with Gasteiger partial charge in [0.05, 0.1) is 15.5 Å². The molecule has 1 saturated heterocycles. The SMILES string of the molecule is CCS(=O)(=O)c1cccc(S(=O)(=O)N2CCNCC2)c1. The van der Waals surface area contributed by atoms with Crippen LogP contribution in [0.1, 0.15) is 6.92 Å². The van der Waals surface area contributed by atoms with Gasteiger partial charge in [0.2, 0.25) is 10.0 Å². The molecule has 0 atom stereocenters. The van der Waals surface area contributed by atoms with Crippen molar-refractivity contribution in [1.29, 1.82) is 0 Å². The van der Waals surface area contributed by atoms with Gasteiger partial charge in [0.25, 0.3) is 0 Å². The Balaban J connectivity index is 2.40. The first-order valence-electron chi connectivity index (χ1n) is 6.41. The highest BCUT2D eigenvalue weighted by Gasteiger charge is 2.26. The second-order valence-electron chi connectivity index (χ2n) is 4.53. The van der Waals surface area contributed by atoms with E-state index in [2.05, 4.69) is 5.32 Å². The van der Waals surface area contributed by atoms with Crippen molar-refractivity contribution in [3.8, 4) is 0 Å². The van der Waals surface area contributed by atoms with Gasteiger partial charge in [-0.3, -0.25) is 0 Å². The molecule has 6 nitrogen and oxygen atoms in total. The fourth-order valence-electron chi connectivity index (χ4n) is 2.03. The van der Waals surface area contributed by atoms with E-state index in [1.54, 1.807) is 0 Å². The average molecular weight is 318 g/mol. The Bertz CT molecular complexity index is 677. The maximum absolute atomic E-state index is 12.5. The van der Waals surface area contributed by atoms with Gasteiger partial charge in [0.15, 0.2) is 9.84 Å². The van der Waals surface area contributed by atoms with Gasteiger partial charge in [0.1, 0.15) is 0 Å². The Morgan fingerprint density at radius 1 is 1.10 bits per heavy atom. The smallest absolute Gasteiger partial charge is 0.243 e. The predicted octanol–water partition coefficient (Wildman–Crippen LogP) is 0.0741. The van der Waals surface area contributed by atoms with E-state index in [0.29, 0.717) is 26.2 Å². The number of sulfone groups is 1. The lowest BCUT2D eigenvalue weighted by Gasteiger charge is -2.26. The zero-order chi connectivity index (χ0) is 14.8. The van der Waals surface area contributed by atoms with Crippen LogP contribution in [0.5, 0.6) is 0 Å². The molecule has 1 N–H and O–H groups in total. The summed E-state index contributed by atoms with van der Waals surface area (Å²) in [5.41, 5.74) is 0. The van der Waals surface area contributed by atoms with Crippen molar-refractivity contribution in [2.45, 2.75) is 16.7 Å². The highest BCUT2D eigenvalue weighted by atomic mass is 32.2. The number of rotatable bonds is 4. The zero-order valence-corrected chi connectivity index (χ0v) is 12.9. The highest BCUT2D eigenvalue weighted by molar-refractivity contribution is 7.91. The van der Waals surface area contributed by atoms with Gasteiger partial charge in [-0.1, -0.05) is 13.0 Å². The van der Waals surface area contributed by atoms with Crippen LogP contribution in [0.3, 0.4) is 0 Å². The predicted molar refractivity (Wildman–Crippen MR) is 75.8 cm³/mol. The fraction of sp³-hybridized carbons (Fsp3) is 0.500. The van der Waals surface area contributed by atoms with Gasteiger partial charge in [-0.05, 0) is 18.2 Å². The number of nitrogens with one attached hydrogen (secondary N) is 1. The van der Waals surface area contributed by atoms with E-state index in [9.17, 15) is 16.8 Å². The molecule has 0 bridgehead atoms. The minimum atomic E-state index is -3.62. The second-order valence-corrected chi connectivity index (χ2v) is 8.75.